The number of aromatic carboxylic acids is 1. The van der Waals surface area contributed by atoms with Crippen LogP contribution in [0.1, 0.15) is 21.7 Å². The summed E-state index contributed by atoms with van der Waals surface area (Å²) in [6.45, 7) is 0. The second kappa shape index (κ2) is 7.27. The van der Waals surface area contributed by atoms with Gasteiger partial charge in [0.05, 0.1) is 0 Å². The molecule has 0 saturated heterocycles. The van der Waals surface area contributed by atoms with Gasteiger partial charge in [0, 0.05) is 6.20 Å². The Bertz CT molecular complexity index is 978. The number of H-pyrrole nitrogens is 1. The maximum absolute atomic E-state index is 11.6. The molecule has 1 heterocycles. The average molecular weight is 334 g/mol. The summed E-state index contributed by atoms with van der Waals surface area (Å²) in [6, 6.07) is 16.8. The van der Waals surface area contributed by atoms with E-state index in [1.807, 2.05) is 54.6 Å². The van der Waals surface area contributed by atoms with Crippen molar-refractivity contribution in [2.45, 2.75) is 0 Å². The van der Waals surface area contributed by atoms with Crippen molar-refractivity contribution in [2.24, 2.45) is 0 Å². The Balaban J connectivity index is 1.78. The minimum atomic E-state index is -1.31. The van der Waals surface area contributed by atoms with E-state index in [0.29, 0.717) is 5.75 Å². The second-order valence-corrected chi connectivity index (χ2v) is 5.14. The van der Waals surface area contributed by atoms with Crippen LogP contribution in [0.3, 0.4) is 0 Å². The molecule has 3 aromatic rings. The van der Waals surface area contributed by atoms with Gasteiger partial charge in [-0.05, 0) is 35.9 Å². The number of aromatic nitrogens is 2. The van der Waals surface area contributed by atoms with Gasteiger partial charge in [-0.15, -0.1) is 0 Å². The number of rotatable bonds is 5. The number of nitrogens with one attached hydrogen (secondary N) is 1. The van der Waals surface area contributed by atoms with Gasteiger partial charge in [-0.25, -0.2) is 9.78 Å². The van der Waals surface area contributed by atoms with Crippen LogP contribution in [-0.2, 0) is 0 Å². The lowest BCUT2D eigenvalue weighted by atomic mass is 10.2. The molecule has 0 aliphatic carbocycles. The summed E-state index contributed by atoms with van der Waals surface area (Å²) in [5, 5.41) is 8.82. The van der Waals surface area contributed by atoms with Gasteiger partial charge >= 0.3 is 5.97 Å². The molecule has 1 aromatic heterocycles. The molecule has 0 atom stereocenters. The second-order valence-electron chi connectivity index (χ2n) is 5.14. The number of hydrogen-bond donors (Lipinski definition) is 2. The summed E-state index contributed by atoms with van der Waals surface area (Å²) in [7, 11) is 0. The predicted molar refractivity (Wildman–Crippen MR) is 93.7 cm³/mol. The molecule has 6 heteroatoms. The Morgan fingerprint density at radius 2 is 1.80 bits per heavy atom. The highest BCUT2D eigenvalue weighted by atomic mass is 16.5. The molecule has 0 radical (unpaired) electrons. The standard InChI is InChI=1S/C19H14N2O4/c22-18-16(19(23)24)12-20-17(21-18)10-9-13-5-4-8-15(11-13)25-14-6-2-1-3-7-14/h1-12H,(H,23,24)(H,20,21,22). The van der Waals surface area contributed by atoms with Crippen molar-refractivity contribution in [1.82, 2.24) is 9.97 Å². The zero-order valence-electron chi connectivity index (χ0n) is 13.0. The van der Waals surface area contributed by atoms with Gasteiger partial charge in [-0.2, -0.15) is 0 Å². The van der Waals surface area contributed by atoms with E-state index in [1.165, 1.54) is 0 Å². The number of ether oxygens (including phenoxy) is 1. The largest absolute Gasteiger partial charge is 0.477 e. The molecule has 0 amide bonds. The fourth-order valence-electron chi connectivity index (χ4n) is 2.13. The van der Waals surface area contributed by atoms with Crippen LogP contribution in [0.25, 0.3) is 12.2 Å². The van der Waals surface area contributed by atoms with Crippen molar-refractivity contribution in [3.05, 3.63) is 88.1 Å². The molecule has 6 nitrogen and oxygen atoms in total. The Hall–Kier alpha value is -3.67. The first kappa shape index (κ1) is 16.2. The summed E-state index contributed by atoms with van der Waals surface area (Å²) in [6.07, 6.45) is 4.38. The van der Waals surface area contributed by atoms with E-state index in [2.05, 4.69) is 9.97 Å². The monoisotopic (exact) mass is 334 g/mol. The first-order chi connectivity index (χ1) is 12.1. The summed E-state index contributed by atoms with van der Waals surface area (Å²) >= 11 is 0. The highest BCUT2D eigenvalue weighted by molar-refractivity contribution is 5.86. The SMILES string of the molecule is O=C(O)c1cnc(C=Cc2cccc(Oc3ccccc3)c2)[nH]c1=O. The molecular weight excluding hydrogens is 320 g/mol. The summed E-state index contributed by atoms with van der Waals surface area (Å²) in [4.78, 5) is 28.8. The number of carboxylic acid groups (broad SMARTS) is 1. The van der Waals surface area contributed by atoms with Crippen LogP contribution in [0, 0.1) is 0 Å². The first-order valence-electron chi connectivity index (χ1n) is 7.45. The van der Waals surface area contributed by atoms with Crippen LogP contribution in [0.5, 0.6) is 11.5 Å². The summed E-state index contributed by atoms with van der Waals surface area (Å²) in [5.74, 6) is 0.370. The van der Waals surface area contributed by atoms with Crippen LogP contribution in [0.4, 0.5) is 0 Å². The maximum Gasteiger partial charge on any atom is 0.342 e. The lowest BCUT2D eigenvalue weighted by molar-refractivity contribution is 0.0694. The topological polar surface area (TPSA) is 92.3 Å². The van der Waals surface area contributed by atoms with Crippen molar-refractivity contribution in [3.63, 3.8) is 0 Å². The van der Waals surface area contributed by atoms with Gasteiger partial charge in [-0.1, -0.05) is 36.4 Å². The molecule has 0 spiro atoms. The van der Waals surface area contributed by atoms with E-state index >= 15 is 0 Å². The number of para-hydroxylation sites is 1. The molecule has 0 saturated carbocycles. The number of nitrogens with zero attached hydrogens (tertiary/aromatic N) is 1. The Morgan fingerprint density at radius 1 is 1.04 bits per heavy atom. The minimum Gasteiger partial charge on any atom is -0.477 e. The number of hydrogen-bond acceptors (Lipinski definition) is 4. The van der Waals surface area contributed by atoms with Crippen molar-refractivity contribution in [3.8, 4) is 11.5 Å². The van der Waals surface area contributed by atoms with Crippen LogP contribution < -0.4 is 10.3 Å². The van der Waals surface area contributed by atoms with Gasteiger partial charge in [0.1, 0.15) is 22.9 Å². The molecule has 25 heavy (non-hydrogen) atoms. The minimum absolute atomic E-state index is 0.268. The smallest absolute Gasteiger partial charge is 0.342 e. The molecule has 3 rings (SSSR count). The Labute approximate surface area is 143 Å². The maximum atomic E-state index is 11.6. The Morgan fingerprint density at radius 3 is 2.52 bits per heavy atom. The van der Waals surface area contributed by atoms with Gasteiger partial charge in [0.2, 0.25) is 0 Å². The van der Waals surface area contributed by atoms with Crippen molar-refractivity contribution < 1.29 is 14.6 Å². The third-order valence-electron chi connectivity index (χ3n) is 3.32. The average Bonchev–Trinajstić information content (AvgIpc) is 2.61. The lowest BCUT2D eigenvalue weighted by Crippen LogP contribution is -2.18. The van der Waals surface area contributed by atoms with Gasteiger partial charge in [-0.3, -0.25) is 4.79 Å². The third kappa shape index (κ3) is 4.20. The molecule has 0 aliphatic rings. The van der Waals surface area contributed by atoms with E-state index < -0.39 is 17.1 Å². The number of benzene rings is 2. The highest BCUT2D eigenvalue weighted by Crippen LogP contribution is 2.22. The molecule has 0 aliphatic heterocycles. The summed E-state index contributed by atoms with van der Waals surface area (Å²) < 4.78 is 5.76. The quantitative estimate of drug-likeness (QED) is 0.746. The van der Waals surface area contributed by atoms with Crippen LogP contribution in [-0.4, -0.2) is 21.0 Å². The van der Waals surface area contributed by atoms with Crippen LogP contribution in [0.2, 0.25) is 0 Å². The van der Waals surface area contributed by atoms with Gasteiger partial charge < -0.3 is 14.8 Å². The zero-order valence-corrected chi connectivity index (χ0v) is 13.0. The fraction of sp³-hybridized carbons (Fsp3) is 0. The van der Waals surface area contributed by atoms with Crippen molar-refractivity contribution in [1.29, 1.82) is 0 Å². The molecule has 2 aromatic carbocycles. The lowest BCUT2D eigenvalue weighted by Gasteiger charge is -2.05. The predicted octanol–water partition coefficient (Wildman–Crippen LogP) is 3.43. The van der Waals surface area contributed by atoms with Gasteiger partial charge in [0.25, 0.3) is 5.56 Å². The zero-order chi connectivity index (χ0) is 17.6. The third-order valence-corrected chi connectivity index (χ3v) is 3.32. The van der Waals surface area contributed by atoms with E-state index in [4.69, 9.17) is 9.84 Å². The molecule has 124 valence electrons. The van der Waals surface area contributed by atoms with E-state index in [0.717, 1.165) is 17.5 Å². The number of aromatic amines is 1. The normalized spacial score (nSPS) is 10.7. The summed E-state index contributed by atoms with van der Waals surface area (Å²) in [5.41, 5.74) is -0.239. The fourth-order valence-corrected chi connectivity index (χ4v) is 2.13. The molecular formula is C19H14N2O4. The van der Waals surface area contributed by atoms with E-state index in [9.17, 15) is 9.59 Å². The first-order valence-corrected chi connectivity index (χ1v) is 7.45. The Kier molecular flexibility index (Phi) is 4.71. The van der Waals surface area contributed by atoms with Crippen LogP contribution in [0.15, 0.2) is 65.6 Å². The molecule has 0 bridgehead atoms. The molecule has 2 N–H and O–H groups in total. The molecule has 0 fully saturated rings. The van der Waals surface area contributed by atoms with E-state index in [1.54, 1.807) is 12.2 Å². The van der Waals surface area contributed by atoms with E-state index in [-0.39, 0.29) is 5.82 Å². The van der Waals surface area contributed by atoms with Gasteiger partial charge in [0.15, 0.2) is 0 Å². The van der Waals surface area contributed by atoms with Crippen LogP contribution >= 0.6 is 0 Å². The number of carbonyl (C=O) groups is 1. The molecule has 0 unspecified atom stereocenters. The number of carboxylic acids is 1. The highest BCUT2D eigenvalue weighted by Gasteiger charge is 2.08. The van der Waals surface area contributed by atoms with Crippen molar-refractivity contribution >= 4 is 18.1 Å². The van der Waals surface area contributed by atoms with Crippen molar-refractivity contribution in [2.75, 3.05) is 0 Å².